The lowest BCUT2D eigenvalue weighted by molar-refractivity contribution is -0.926. The molecule has 1 atom stereocenters. The zero-order chi connectivity index (χ0) is 24.1. The van der Waals surface area contributed by atoms with Crippen LogP contribution in [0.1, 0.15) is 27.6 Å². The first-order valence-corrected chi connectivity index (χ1v) is 13.6. The number of rotatable bonds is 4. The molecule has 1 unspecified atom stereocenters. The van der Waals surface area contributed by atoms with Crippen LogP contribution in [0.5, 0.6) is 0 Å². The fraction of sp³-hybridized carbons (Fsp3) is 0.333. The molecule has 182 valence electrons. The van der Waals surface area contributed by atoms with E-state index in [-0.39, 0.29) is 0 Å². The van der Waals surface area contributed by atoms with Crippen LogP contribution in [0.2, 0.25) is 0 Å². The molecule has 0 spiro atoms. The van der Waals surface area contributed by atoms with E-state index in [9.17, 15) is 0 Å². The zero-order valence-electron chi connectivity index (χ0n) is 20.4. The number of quaternary nitrogens is 2. The van der Waals surface area contributed by atoms with E-state index in [0.717, 1.165) is 56.3 Å². The van der Waals surface area contributed by atoms with E-state index in [0.29, 0.717) is 11.8 Å². The van der Waals surface area contributed by atoms with Crippen molar-refractivity contribution in [3.8, 4) is 0 Å². The molecule has 5 aromatic rings. The summed E-state index contributed by atoms with van der Waals surface area (Å²) in [6.45, 7) is 6.23. The summed E-state index contributed by atoms with van der Waals surface area (Å²) in [5, 5.41) is 13.7. The van der Waals surface area contributed by atoms with Gasteiger partial charge in [0, 0.05) is 17.5 Å². The van der Waals surface area contributed by atoms with Crippen LogP contribution in [0, 0.1) is 0 Å². The van der Waals surface area contributed by atoms with Gasteiger partial charge in [0.25, 0.3) is 5.78 Å². The molecule has 2 N–H and O–H groups in total. The summed E-state index contributed by atoms with van der Waals surface area (Å²) in [5.74, 6) is 1.66. The minimum absolute atomic E-state index is 0.332. The van der Waals surface area contributed by atoms with E-state index in [1.807, 2.05) is 15.9 Å². The number of nitrogens with zero attached hydrogens (tertiary/aromatic N) is 6. The van der Waals surface area contributed by atoms with Crippen LogP contribution in [0.4, 0.5) is 5.82 Å². The van der Waals surface area contributed by atoms with Crippen LogP contribution in [-0.2, 0) is 13.0 Å². The van der Waals surface area contributed by atoms with Crippen LogP contribution in [0.15, 0.2) is 60.7 Å². The Kier molecular flexibility index (Phi) is 5.41. The molecule has 2 aromatic carbocycles. The largest absolute Gasteiger partial charge is 0.345 e. The molecule has 0 amide bonds. The van der Waals surface area contributed by atoms with Crippen molar-refractivity contribution in [2.75, 3.05) is 44.7 Å². The highest BCUT2D eigenvalue weighted by Gasteiger charge is 2.33. The Morgan fingerprint density at radius 1 is 0.917 bits per heavy atom. The van der Waals surface area contributed by atoms with Gasteiger partial charge in [0.2, 0.25) is 0 Å². The van der Waals surface area contributed by atoms with Crippen molar-refractivity contribution >= 4 is 33.1 Å². The summed E-state index contributed by atoms with van der Waals surface area (Å²) < 4.78 is 1.83. The van der Waals surface area contributed by atoms with E-state index in [1.54, 1.807) is 9.80 Å². The number of hydrogen-bond donors (Lipinski definition) is 2. The number of piperazine rings is 1. The molecule has 2 aliphatic rings. The summed E-state index contributed by atoms with van der Waals surface area (Å²) in [5.41, 5.74) is 4.21. The Bertz CT molecular complexity index is 1470. The maximum Gasteiger partial charge on any atom is 0.276 e. The third kappa shape index (κ3) is 3.66. The van der Waals surface area contributed by atoms with Crippen molar-refractivity contribution in [1.29, 1.82) is 0 Å². The van der Waals surface area contributed by atoms with Crippen LogP contribution in [0.25, 0.3) is 16.0 Å². The molecule has 0 bridgehead atoms. The summed E-state index contributed by atoms with van der Waals surface area (Å²) in [4.78, 5) is 13.2. The molecule has 5 heterocycles. The molecule has 1 fully saturated rings. The van der Waals surface area contributed by atoms with E-state index in [1.165, 1.54) is 27.0 Å². The summed E-state index contributed by atoms with van der Waals surface area (Å²) >= 11 is 1.84. The number of fused-ring (bicyclic) bond motifs is 5. The van der Waals surface area contributed by atoms with Crippen LogP contribution >= 0.6 is 11.3 Å². The van der Waals surface area contributed by atoms with E-state index < -0.39 is 0 Å². The van der Waals surface area contributed by atoms with Gasteiger partial charge in [0.1, 0.15) is 23.2 Å². The van der Waals surface area contributed by atoms with Crippen molar-refractivity contribution < 1.29 is 9.80 Å². The molecule has 1 saturated heterocycles. The van der Waals surface area contributed by atoms with Gasteiger partial charge in [-0.25, -0.2) is 0 Å². The van der Waals surface area contributed by atoms with Gasteiger partial charge >= 0.3 is 0 Å². The van der Waals surface area contributed by atoms with Crippen molar-refractivity contribution in [3.63, 3.8) is 0 Å². The van der Waals surface area contributed by atoms with Crippen molar-refractivity contribution in [2.45, 2.75) is 19.0 Å². The third-order valence-corrected chi connectivity index (χ3v) is 9.00. The number of benzene rings is 2. The van der Waals surface area contributed by atoms with Gasteiger partial charge in [0.15, 0.2) is 0 Å². The topological polar surface area (TPSA) is 68.1 Å². The minimum atomic E-state index is 0.332. The predicted octanol–water partition coefficient (Wildman–Crippen LogP) is 0.799. The molecule has 0 radical (unpaired) electrons. The van der Waals surface area contributed by atoms with Crippen LogP contribution < -0.4 is 14.7 Å². The molecule has 2 aliphatic heterocycles. The Morgan fingerprint density at radius 3 is 2.31 bits per heavy atom. The second-order valence-corrected chi connectivity index (χ2v) is 11.1. The molecule has 0 aliphatic carbocycles. The summed E-state index contributed by atoms with van der Waals surface area (Å²) in [6, 6.07) is 22.2. The zero-order valence-corrected chi connectivity index (χ0v) is 21.2. The number of hydrogen-bond acceptors (Lipinski definition) is 6. The number of nitrogens with one attached hydrogen (secondary N) is 2. The molecule has 3 aromatic heterocycles. The minimum Gasteiger partial charge on any atom is -0.345 e. The SMILES string of the molecule is C[NH+]1CCc2c(sc3c2c(N2CC[NH+](C(c4ccccc4)c4ccccc4)CC2)nc2nnnn23)C1. The second kappa shape index (κ2) is 8.92. The highest BCUT2D eigenvalue weighted by Crippen LogP contribution is 2.38. The molecular formula is C27H30N8S+2. The Balaban J connectivity index is 1.24. The summed E-state index contributed by atoms with van der Waals surface area (Å²) in [6.07, 6.45) is 1.08. The fourth-order valence-electron chi connectivity index (χ4n) is 6.00. The smallest absolute Gasteiger partial charge is 0.276 e. The molecule has 36 heavy (non-hydrogen) atoms. The molecular weight excluding hydrogens is 468 g/mol. The Labute approximate surface area is 213 Å². The van der Waals surface area contributed by atoms with Gasteiger partial charge in [0.05, 0.1) is 50.0 Å². The van der Waals surface area contributed by atoms with Gasteiger partial charge in [-0.1, -0.05) is 65.8 Å². The number of thiophene rings is 1. The quantitative estimate of drug-likeness (QED) is 0.384. The highest BCUT2D eigenvalue weighted by atomic mass is 32.1. The number of aromatic nitrogens is 5. The lowest BCUT2D eigenvalue weighted by atomic mass is 9.96. The van der Waals surface area contributed by atoms with E-state index >= 15 is 0 Å². The number of anilines is 1. The lowest BCUT2D eigenvalue weighted by Crippen LogP contribution is -3.15. The van der Waals surface area contributed by atoms with Crippen LogP contribution in [0.3, 0.4) is 0 Å². The predicted molar refractivity (Wildman–Crippen MR) is 141 cm³/mol. The monoisotopic (exact) mass is 498 g/mol. The normalized spacial score (nSPS) is 18.8. The Hall–Kier alpha value is -3.40. The average molecular weight is 499 g/mol. The van der Waals surface area contributed by atoms with Crippen molar-refractivity contribution in [1.82, 2.24) is 25.0 Å². The standard InChI is InChI=1S/C27H28N8S/c1-32-13-12-21-22(18-32)36-26-23(21)25(28-27-29-30-31-35(26)27)34-16-14-33(15-17-34)24(19-8-4-2-5-9-19)20-10-6-3-7-11-20/h2-11,24H,12-18H2,1H3/p+2. The highest BCUT2D eigenvalue weighted by molar-refractivity contribution is 7.19. The molecule has 8 nitrogen and oxygen atoms in total. The van der Waals surface area contributed by atoms with Gasteiger partial charge in [-0.3, -0.25) is 0 Å². The fourth-order valence-corrected chi connectivity index (χ4v) is 7.40. The molecule has 9 heteroatoms. The Morgan fingerprint density at radius 2 is 1.61 bits per heavy atom. The van der Waals surface area contributed by atoms with E-state index in [4.69, 9.17) is 4.98 Å². The molecule has 7 rings (SSSR count). The summed E-state index contributed by atoms with van der Waals surface area (Å²) in [7, 11) is 2.27. The van der Waals surface area contributed by atoms with Crippen molar-refractivity contribution in [3.05, 3.63) is 82.2 Å². The van der Waals surface area contributed by atoms with Crippen molar-refractivity contribution in [2.24, 2.45) is 0 Å². The van der Waals surface area contributed by atoms with Crippen LogP contribution in [-0.4, -0.2) is 64.8 Å². The lowest BCUT2D eigenvalue weighted by Gasteiger charge is -2.37. The van der Waals surface area contributed by atoms with Gasteiger partial charge < -0.3 is 14.7 Å². The third-order valence-electron chi connectivity index (χ3n) is 7.79. The van der Waals surface area contributed by atoms with Gasteiger partial charge in [-0.2, -0.15) is 9.50 Å². The first-order chi connectivity index (χ1) is 17.8. The maximum absolute atomic E-state index is 5.02. The van der Waals surface area contributed by atoms with Gasteiger partial charge in [-0.05, 0) is 16.0 Å². The maximum atomic E-state index is 5.02. The molecule has 0 saturated carbocycles. The second-order valence-electron chi connectivity index (χ2n) is 10.0. The number of likely N-dealkylation sites (N-methyl/N-ethyl adjacent to an activating group) is 1. The average Bonchev–Trinajstić information content (AvgIpc) is 3.54. The first-order valence-electron chi connectivity index (χ1n) is 12.8. The van der Waals surface area contributed by atoms with Gasteiger partial charge in [-0.15, -0.1) is 11.3 Å². The number of tetrazole rings is 1. The first kappa shape index (κ1) is 21.8. The van der Waals surface area contributed by atoms with E-state index in [2.05, 4.69) is 88.1 Å².